The summed E-state index contributed by atoms with van der Waals surface area (Å²) in [7, 11) is -3.25. The molecular formula is C34H61O7PS. The zero-order valence-corrected chi connectivity index (χ0v) is 29.8. The normalized spacial score (nSPS) is 11.5. The van der Waals surface area contributed by atoms with E-state index in [1.165, 1.54) is 96.3 Å². The summed E-state index contributed by atoms with van der Waals surface area (Å²) in [4.78, 5) is 21.9. The Bertz CT molecular complexity index is 938. The molecule has 7 nitrogen and oxygen atoms in total. The minimum absolute atomic E-state index is 0.227. The van der Waals surface area contributed by atoms with Crippen LogP contribution < -0.4 is 0 Å². The number of ether oxygens (including phenoxy) is 2. The highest BCUT2D eigenvalue weighted by Crippen LogP contribution is 2.61. The van der Waals surface area contributed by atoms with Crippen molar-refractivity contribution in [2.75, 3.05) is 38.9 Å². The molecular weight excluding hydrogens is 583 g/mol. The third kappa shape index (κ3) is 18.8. The van der Waals surface area contributed by atoms with Gasteiger partial charge in [0.1, 0.15) is 10.1 Å². The fraction of sp³-hybridized carbons (Fsp3) is 0.765. The van der Waals surface area contributed by atoms with Crippen molar-refractivity contribution in [2.24, 2.45) is 0 Å². The molecule has 0 aromatic heterocycles. The van der Waals surface area contributed by atoms with Crippen LogP contribution in [-0.4, -0.2) is 63.8 Å². The molecule has 0 radical (unpaired) electrons. The van der Waals surface area contributed by atoms with Crippen LogP contribution in [0.3, 0.4) is 0 Å². The molecule has 1 rings (SSSR count). The molecule has 1 aromatic carbocycles. The van der Waals surface area contributed by atoms with Gasteiger partial charge in [-0.25, -0.2) is 18.0 Å². The number of unbranched alkanes of at least 4 members (excludes halogenated alkanes) is 12. The Morgan fingerprint density at radius 1 is 0.581 bits per heavy atom. The van der Waals surface area contributed by atoms with Crippen LogP contribution in [0.2, 0.25) is 0 Å². The van der Waals surface area contributed by atoms with Crippen molar-refractivity contribution in [1.82, 2.24) is 0 Å². The molecule has 0 unspecified atom stereocenters. The van der Waals surface area contributed by atoms with Gasteiger partial charge in [0.15, 0.2) is 0 Å². The van der Waals surface area contributed by atoms with Crippen molar-refractivity contribution in [3.63, 3.8) is 0 Å². The van der Waals surface area contributed by atoms with Crippen LogP contribution in [0.25, 0.3) is 0 Å². The maximum Gasteiger partial charge on any atom is 0.337 e. The number of hydrogen-bond donors (Lipinski definition) is 0. The van der Waals surface area contributed by atoms with Crippen molar-refractivity contribution < 1.29 is 32.0 Å². The van der Waals surface area contributed by atoms with Gasteiger partial charge in [0.25, 0.3) is 0 Å². The zero-order valence-electron chi connectivity index (χ0n) is 28.1. The summed E-state index contributed by atoms with van der Waals surface area (Å²) in [5.41, 5.74) is -0.454. The number of benzene rings is 1. The van der Waals surface area contributed by atoms with Gasteiger partial charge in [0.2, 0.25) is 0 Å². The summed E-state index contributed by atoms with van der Waals surface area (Å²) in [6.45, 7) is 9.46. The van der Waals surface area contributed by atoms with Crippen LogP contribution in [0.1, 0.15) is 151 Å². The lowest BCUT2D eigenvalue weighted by Gasteiger charge is -2.28. The molecule has 250 valence electrons. The van der Waals surface area contributed by atoms with E-state index < -0.39 is 34.2 Å². The Morgan fingerprint density at radius 3 is 1.23 bits per heavy atom. The molecule has 0 fully saturated rings. The predicted molar refractivity (Wildman–Crippen MR) is 180 cm³/mol. The van der Waals surface area contributed by atoms with Gasteiger partial charge in [0, 0.05) is 7.26 Å². The monoisotopic (exact) mass is 644 g/mol. The fourth-order valence-corrected chi connectivity index (χ4v) is 11.0. The van der Waals surface area contributed by atoms with E-state index in [0.29, 0.717) is 0 Å². The Kier molecular flexibility index (Phi) is 23.9. The number of esters is 2. The van der Waals surface area contributed by atoms with Gasteiger partial charge in [-0.15, -0.1) is 0 Å². The van der Waals surface area contributed by atoms with E-state index >= 15 is 0 Å². The maximum atomic E-state index is 11.3. The molecule has 9 heteroatoms. The van der Waals surface area contributed by atoms with Crippen LogP contribution in [0.5, 0.6) is 0 Å². The summed E-state index contributed by atoms with van der Waals surface area (Å²) >= 11 is 0. The minimum Gasteiger partial charge on any atom is -0.744 e. The van der Waals surface area contributed by atoms with Crippen molar-refractivity contribution in [2.45, 2.75) is 135 Å². The molecule has 0 saturated carbocycles. The quantitative estimate of drug-likeness (QED) is 0.0505. The van der Waals surface area contributed by atoms with Gasteiger partial charge < -0.3 is 14.0 Å². The predicted octanol–water partition coefficient (Wildman–Crippen LogP) is 9.49. The second-order valence-electron chi connectivity index (χ2n) is 11.7. The summed E-state index contributed by atoms with van der Waals surface area (Å²) in [6.07, 6.45) is 30.0. The summed E-state index contributed by atoms with van der Waals surface area (Å²) in [6, 6.07) is 2.74. The summed E-state index contributed by atoms with van der Waals surface area (Å²) < 4.78 is 41.5. The molecule has 0 atom stereocenters. The molecule has 0 N–H and O–H groups in total. The lowest BCUT2D eigenvalue weighted by molar-refractivity contribution is 0.0598. The van der Waals surface area contributed by atoms with Crippen molar-refractivity contribution >= 4 is 29.3 Å². The second kappa shape index (κ2) is 24.8. The lowest BCUT2D eigenvalue weighted by Crippen LogP contribution is -2.13. The van der Waals surface area contributed by atoms with E-state index in [0.717, 1.165) is 32.4 Å². The van der Waals surface area contributed by atoms with Crippen LogP contribution in [0, 0.1) is 0 Å². The number of carbonyl (C=O) groups excluding carboxylic acids is 2. The maximum absolute atomic E-state index is 11.3. The third-order valence-electron chi connectivity index (χ3n) is 7.98. The molecule has 0 aliphatic carbocycles. The first-order valence-electron chi connectivity index (χ1n) is 16.7. The van der Waals surface area contributed by atoms with Gasteiger partial charge in [-0.1, -0.05) is 98.3 Å². The van der Waals surface area contributed by atoms with Gasteiger partial charge in [-0.3, -0.25) is 0 Å². The Morgan fingerprint density at radius 2 is 0.907 bits per heavy atom. The van der Waals surface area contributed by atoms with E-state index in [1.54, 1.807) is 31.1 Å². The summed E-state index contributed by atoms with van der Waals surface area (Å²) in [5, 5.41) is 0. The van der Waals surface area contributed by atoms with Gasteiger partial charge in [0.05, 0.1) is 54.9 Å². The van der Waals surface area contributed by atoms with Crippen LogP contribution in [0.15, 0.2) is 23.1 Å². The van der Waals surface area contributed by atoms with Crippen LogP contribution in [-0.2, 0) is 19.6 Å². The second-order valence-corrected chi connectivity index (χ2v) is 17.5. The Hall–Kier alpha value is -1.50. The molecule has 0 aliphatic rings. The molecule has 43 heavy (non-hydrogen) atoms. The van der Waals surface area contributed by atoms with E-state index in [9.17, 15) is 22.6 Å². The van der Waals surface area contributed by atoms with Gasteiger partial charge >= 0.3 is 11.9 Å². The average molecular weight is 645 g/mol. The summed E-state index contributed by atoms with van der Waals surface area (Å²) in [5.74, 6) is -1.74. The molecule has 0 aliphatic heterocycles. The molecule has 0 amide bonds. The van der Waals surface area contributed by atoms with Crippen molar-refractivity contribution in [3.8, 4) is 0 Å². The first kappa shape index (κ1) is 41.5. The van der Waals surface area contributed by atoms with E-state index in [2.05, 4.69) is 37.2 Å². The lowest BCUT2D eigenvalue weighted by atomic mass is 10.1. The minimum atomic E-state index is -4.80. The number of hydrogen-bond acceptors (Lipinski definition) is 7. The Labute approximate surface area is 264 Å². The first-order valence-corrected chi connectivity index (χ1v) is 20.6. The highest BCUT2D eigenvalue weighted by molar-refractivity contribution is 7.85. The standard InChI is InChI=1S/C24H52P.C10H10O7S/c1-5-9-13-14-15-16-17-18-19-20-24-25(21-10-6-2,22-11-7-3)23-12-8-4;1-16-9(11)6-3-7(10(12)17-2)5-8(4-6)18(13,14)15/h5-24H2,1-4H3;3-5H,1-2H3,(H,13,14,15)/q+1;/p-1. The average Bonchev–Trinajstić information content (AvgIpc) is 3.01. The van der Waals surface area contributed by atoms with Crippen molar-refractivity contribution in [1.29, 1.82) is 0 Å². The van der Waals surface area contributed by atoms with Crippen LogP contribution >= 0.6 is 7.26 Å². The van der Waals surface area contributed by atoms with Crippen LogP contribution in [0.4, 0.5) is 0 Å². The van der Waals surface area contributed by atoms with Crippen molar-refractivity contribution in [3.05, 3.63) is 29.3 Å². The zero-order chi connectivity index (χ0) is 32.6. The number of rotatable bonds is 23. The SMILES string of the molecule is CCCCCCCCCCCC[P+](CCCC)(CCCC)CCCC.COC(=O)c1cc(C(=O)OC)cc(S(=O)(=O)[O-])c1. The fourth-order valence-electron chi connectivity index (χ4n) is 5.30. The molecule has 0 bridgehead atoms. The molecule has 1 aromatic rings. The van der Waals surface area contributed by atoms with Gasteiger partial charge in [-0.05, 0) is 50.3 Å². The van der Waals surface area contributed by atoms with E-state index in [4.69, 9.17) is 0 Å². The van der Waals surface area contributed by atoms with Gasteiger partial charge in [-0.2, -0.15) is 0 Å². The molecule has 0 saturated heterocycles. The molecule has 0 heterocycles. The molecule has 0 spiro atoms. The Balaban J connectivity index is 0.000000862. The van der Waals surface area contributed by atoms with E-state index in [1.807, 2.05) is 0 Å². The largest absolute Gasteiger partial charge is 0.744 e. The third-order valence-corrected chi connectivity index (χ3v) is 13.9. The smallest absolute Gasteiger partial charge is 0.337 e. The van der Waals surface area contributed by atoms with E-state index in [-0.39, 0.29) is 11.1 Å². The first-order chi connectivity index (χ1) is 20.5. The number of methoxy groups -OCH3 is 2. The topological polar surface area (TPSA) is 110 Å². The highest BCUT2D eigenvalue weighted by atomic mass is 32.2. The highest BCUT2D eigenvalue weighted by Gasteiger charge is 2.34. The number of carbonyl (C=O) groups is 2.